The molecule has 7 heteroatoms. The Bertz CT molecular complexity index is 867. The molecule has 0 amide bonds. The number of hydrogen-bond acceptors (Lipinski definition) is 6. The number of hydrogen-bond donors (Lipinski definition) is 2. The molecule has 3 rings (SSSR count). The van der Waals surface area contributed by atoms with Crippen molar-refractivity contribution in [3.8, 4) is 0 Å². The van der Waals surface area contributed by atoms with Crippen LogP contribution in [0.15, 0.2) is 60.9 Å². The maximum atomic E-state index is 11.4. The number of aromatic nitrogens is 2. The summed E-state index contributed by atoms with van der Waals surface area (Å²) in [6, 6.07) is 16.0. The Morgan fingerprint density at radius 1 is 0.920 bits per heavy atom. The number of carbonyl (C=O) groups excluding carboxylic acids is 1. The van der Waals surface area contributed by atoms with Crippen LogP contribution in [0.3, 0.4) is 0 Å². The Kier molecular flexibility index (Phi) is 5.11. The Labute approximate surface area is 149 Å². The van der Waals surface area contributed by atoms with Crippen LogP contribution in [-0.4, -0.2) is 23.0 Å². The molecule has 0 aliphatic heterocycles. The third-order valence-electron chi connectivity index (χ3n) is 3.36. The first kappa shape index (κ1) is 16.7. The lowest BCUT2D eigenvalue weighted by Gasteiger charge is -2.09. The average Bonchev–Trinajstić information content (AvgIpc) is 2.64. The molecule has 0 saturated heterocycles. The molecular formula is C18H15ClN4O2. The van der Waals surface area contributed by atoms with E-state index in [2.05, 4.69) is 25.3 Å². The first-order valence-electron chi connectivity index (χ1n) is 7.44. The molecule has 0 unspecified atom stereocenters. The normalized spacial score (nSPS) is 10.2. The first-order valence-corrected chi connectivity index (χ1v) is 7.82. The van der Waals surface area contributed by atoms with E-state index in [1.165, 1.54) is 13.4 Å². The van der Waals surface area contributed by atoms with Gasteiger partial charge in [-0.05, 0) is 48.5 Å². The highest BCUT2D eigenvalue weighted by atomic mass is 35.5. The van der Waals surface area contributed by atoms with Gasteiger partial charge in [0.05, 0.1) is 12.7 Å². The highest BCUT2D eigenvalue weighted by Crippen LogP contribution is 2.21. The number of rotatable bonds is 5. The number of ether oxygens (including phenoxy) is 1. The monoisotopic (exact) mass is 354 g/mol. The minimum atomic E-state index is -0.372. The Morgan fingerprint density at radius 3 is 1.96 bits per heavy atom. The maximum absolute atomic E-state index is 11.4. The van der Waals surface area contributed by atoms with Crippen LogP contribution in [0.5, 0.6) is 0 Å². The van der Waals surface area contributed by atoms with Crippen LogP contribution in [0.25, 0.3) is 0 Å². The zero-order chi connectivity index (χ0) is 17.6. The number of anilines is 4. The summed E-state index contributed by atoms with van der Waals surface area (Å²) in [4.78, 5) is 19.8. The van der Waals surface area contributed by atoms with Gasteiger partial charge >= 0.3 is 5.97 Å². The Balaban J connectivity index is 1.71. The molecule has 0 bridgehead atoms. The van der Waals surface area contributed by atoms with E-state index in [1.54, 1.807) is 42.5 Å². The molecule has 1 heterocycles. The standard InChI is InChI=1S/C18H15ClN4O2/c1-25-18(24)12-2-6-14(7-3-12)22-16-10-17(21-11-20-16)23-15-8-4-13(19)5-9-15/h2-11H,1H3,(H2,20,21,22,23). The van der Waals surface area contributed by atoms with Gasteiger partial charge in [-0.15, -0.1) is 0 Å². The molecule has 1 aromatic heterocycles. The number of nitrogens with zero attached hydrogens (tertiary/aromatic N) is 2. The van der Waals surface area contributed by atoms with Gasteiger partial charge < -0.3 is 15.4 Å². The van der Waals surface area contributed by atoms with Crippen molar-refractivity contribution in [2.45, 2.75) is 0 Å². The van der Waals surface area contributed by atoms with E-state index in [0.717, 1.165) is 11.4 Å². The quantitative estimate of drug-likeness (QED) is 0.661. The number of methoxy groups -OCH3 is 1. The van der Waals surface area contributed by atoms with E-state index in [9.17, 15) is 4.79 Å². The van der Waals surface area contributed by atoms with Crippen LogP contribution in [0.4, 0.5) is 23.0 Å². The van der Waals surface area contributed by atoms with E-state index in [1.807, 2.05) is 12.1 Å². The summed E-state index contributed by atoms with van der Waals surface area (Å²) in [7, 11) is 1.35. The molecule has 25 heavy (non-hydrogen) atoms. The van der Waals surface area contributed by atoms with Crippen molar-refractivity contribution in [3.63, 3.8) is 0 Å². The summed E-state index contributed by atoms with van der Waals surface area (Å²) in [6.07, 6.45) is 1.46. The molecule has 0 aliphatic carbocycles. The fourth-order valence-corrected chi connectivity index (χ4v) is 2.26. The summed E-state index contributed by atoms with van der Waals surface area (Å²) in [5.41, 5.74) is 2.15. The molecule has 0 spiro atoms. The Hall–Kier alpha value is -3.12. The summed E-state index contributed by atoms with van der Waals surface area (Å²) in [5, 5.41) is 7.01. The largest absolute Gasteiger partial charge is 0.465 e. The average molecular weight is 355 g/mol. The number of benzene rings is 2. The van der Waals surface area contributed by atoms with E-state index < -0.39 is 0 Å². The second kappa shape index (κ2) is 7.63. The van der Waals surface area contributed by atoms with Crippen molar-refractivity contribution in [1.82, 2.24) is 9.97 Å². The third-order valence-corrected chi connectivity index (χ3v) is 3.61. The summed E-state index contributed by atoms with van der Waals surface area (Å²) in [5.74, 6) is 0.895. The second-order valence-corrected chi connectivity index (χ2v) is 5.55. The highest BCUT2D eigenvalue weighted by molar-refractivity contribution is 6.30. The molecule has 2 N–H and O–H groups in total. The molecule has 0 fully saturated rings. The van der Waals surface area contributed by atoms with Crippen molar-refractivity contribution < 1.29 is 9.53 Å². The van der Waals surface area contributed by atoms with Crippen molar-refractivity contribution >= 4 is 40.6 Å². The molecule has 2 aromatic carbocycles. The van der Waals surface area contributed by atoms with Crippen molar-refractivity contribution in [2.75, 3.05) is 17.7 Å². The van der Waals surface area contributed by atoms with Gasteiger partial charge in [0.15, 0.2) is 0 Å². The molecule has 6 nitrogen and oxygen atoms in total. The van der Waals surface area contributed by atoms with Crippen molar-refractivity contribution in [1.29, 1.82) is 0 Å². The number of halogens is 1. The van der Waals surface area contributed by atoms with Crippen molar-refractivity contribution in [3.05, 3.63) is 71.5 Å². The topological polar surface area (TPSA) is 76.1 Å². The number of esters is 1. The van der Waals surface area contributed by atoms with Crippen LogP contribution in [-0.2, 0) is 4.74 Å². The lowest BCUT2D eigenvalue weighted by atomic mass is 10.2. The summed E-state index contributed by atoms with van der Waals surface area (Å²) < 4.78 is 4.68. The van der Waals surface area contributed by atoms with Gasteiger partial charge in [0.25, 0.3) is 0 Å². The fourth-order valence-electron chi connectivity index (χ4n) is 2.13. The molecule has 3 aromatic rings. The summed E-state index contributed by atoms with van der Waals surface area (Å²) in [6.45, 7) is 0. The predicted octanol–water partition coefficient (Wildman–Crippen LogP) is 4.40. The van der Waals surface area contributed by atoms with Gasteiger partial charge in [-0.25, -0.2) is 14.8 Å². The fraction of sp³-hybridized carbons (Fsp3) is 0.0556. The minimum absolute atomic E-state index is 0.372. The van der Waals surface area contributed by atoms with Gasteiger partial charge in [-0.3, -0.25) is 0 Å². The lowest BCUT2D eigenvalue weighted by molar-refractivity contribution is 0.0601. The van der Waals surface area contributed by atoms with Crippen LogP contribution >= 0.6 is 11.6 Å². The maximum Gasteiger partial charge on any atom is 0.337 e. The van der Waals surface area contributed by atoms with Gasteiger partial charge in [0.2, 0.25) is 0 Å². The van der Waals surface area contributed by atoms with Gasteiger partial charge in [-0.2, -0.15) is 0 Å². The highest BCUT2D eigenvalue weighted by Gasteiger charge is 2.05. The second-order valence-electron chi connectivity index (χ2n) is 5.11. The van der Waals surface area contributed by atoms with Crippen LogP contribution < -0.4 is 10.6 Å². The van der Waals surface area contributed by atoms with Gasteiger partial charge in [0, 0.05) is 22.5 Å². The molecule has 126 valence electrons. The van der Waals surface area contributed by atoms with Crippen LogP contribution in [0.2, 0.25) is 5.02 Å². The van der Waals surface area contributed by atoms with E-state index in [-0.39, 0.29) is 5.97 Å². The van der Waals surface area contributed by atoms with Gasteiger partial charge in [0.1, 0.15) is 18.0 Å². The smallest absolute Gasteiger partial charge is 0.337 e. The third kappa shape index (κ3) is 4.45. The number of nitrogens with one attached hydrogen (secondary N) is 2. The molecule has 0 radical (unpaired) electrons. The van der Waals surface area contributed by atoms with E-state index in [0.29, 0.717) is 22.2 Å². The zero-order valence-electron chi connectivity index (χ0n) is 13.4. The molecular weight excluding hydrogens is 340 g/mol. The van der Waals surface area contributed by atoms with E-state index >= 15 is 0 Å². The lowest BCUT2D eigenvalue weighted by Crippen LogP contribution is -2.01. The van der Waals surface area contributed by atoms with Crippen LogP contribution in [0.1, 0.15) is 10.4 Å². The van der Waals surface area contributed by atoms with Crippen molar-refractivity contribution in [2.24, 2.45) is 0 Å². The first-order chi connectivity index (χ1) is 12.1. The molecule has 0 atom stereocenters. The Morgan fingerprint density at radius 2 is 1.44 bits per heavy atom. The van der Waals surface area contributed by atoms with Crippen LogP contribution in [0, 0.1) is 0 Å². The SMILES string of the molecule is COC(=O)c1ccc(Nc2cc(Nc3ccc(Cl)cc3)ncn2)cc1. The number of carbonyl (C=O) groups is 1. The summed E-state index contributed by atoms with van der Waals surface area (Å²) >= 11 is 5.88. The molecule has 0 aliphatic rings. The van der Waals surface area contributed by atoms with E-state index in [4.69, 9.17) is 11.6 Å². The molecule has 0 saturated carbocycles. The predicted molar refractivity (Wildman–Crippen MR) is 97.8 cm³/mol. The van der Waals surface area contributed by atoms with Gasteiger partial charge in [-0.1, -0.05) is 11.6 Å². The zero-order valence-corrected chi connectivity index (χ0v) is 14.1. The minimum Gasteiger partial charge on any atom is -0.465 e.